The predicted molar refractivity (Wildman–Crippen MR) is 75.2 cm³/mol. The Hall–Kier alpha value is -1.42. The monoisotopic (exact) mass is 294 g/mol. The van der Waals surface area contributed by atoms with E-state index in [0.29, 0.717) is 30.6 Å². The van der Waals surface area contributed by atoms with Crippen LogP contribution in [-0.2, 0) is 15.8 Å². The molecule has 1 heterocycles. The molecule has 0 aliphatic carbocycles. The maximum Gasteiger partial charge on any atom is 0.218 e. The Morgan fingerprint density at radius 2 is 2.15 bits per heavy atom. The van der Waals surface area contributed by atoms with Crippen LogP contribution in [0.15, 0.2) is 24.3 Å². The van der Waals surface area contributed by atoms with Gasteiger partial charge in [-0.25, -0.2) is 12.7 Å². The zero-order chi connectivity index (χ0) is 14.6. The minimum absolute atomic E-state index is 0.0931. The van der Waals surface area contributed by atoms with Crippen molar-refractivity contribution in [1.82, 2.24) is 4.31 Å². The normalized spacial score (nSPS) is 19.9. The first-order chi connectivity index (χ1) is 9.56. The standard InChI is InChI=1S/C14H18N2O3S/c15-9-13-3-1-2-4-14(13)11-20(18,19)16-7-5-12(10-16)6-8-17/h1-4,12,17H,5-8,10-11H2. The van der Waals surface area contributed by atoms with E-state index >= 15 is 0 Å². The third-order valence-corrected chi connectivity index (χ3v) is 5.45. The van der Waals surface area contributed by atoms with Crippen LogP contribution in [0.1, 0.15) is 24.0 Å². The van der Waals surface area contributed by atoms with Gasteiger partial charge in [-0.15, -0.1) is 0 Å². The number of aliphatic hydroxyl groups is 1. The van der Waals surface area contributed by atoms with Gasteiger partial charge in [0.1, 0.15) is 0 Å². The second-order valence-electron chi connectivity index (χ2n) is 5.05. The van der Waals surface area contributed by atoms with Crippen molar-refractivity contribution in [3.63, 3.8) is 0 Å². The summed E-state index contributed by atoms with van der Waals surface area (Å²) >= 11 is 0. The topological polar surface area (TPSA) is 81.4 Å². The fourth-order valence-electron chi connectivity index (χ4n) is 2.51. The molecule has 1 aromatic rings. The SMILES string of the molecule is N#Cc1ccccc1CS(=O)(=O)N1CCC(CCO)C1. The molecule has 0 spiro atoms. The van der Waals surface area contributed by atoms with Crippen LogP contribution < -0.4 is 0 Å². The van der Waals surface area contributed by atoms with E-state index in [9.17, 15) is 8.42 Å². The lowest BCUT2D eigenvalue weighted by atomic mass is 10.1. The Morgan fingerprint density at radius 1 is 1.40 bits per heavy atom. The van der Waals surface area contributed by atoms with E-state index < -0.39 is 10.0 Å². The third-order valence-electron chi connectivity index (χ3n) is 3.66. The highest BCUT2D eigenvalue weighted by Crippen LogP contribution is 2.24. The van der Waals surface area contributed by atoms with Crippen LogP contribution in [0.2, 0.25) is 0 Å². The first-order valence-corrected chi connectivity index (χ1v) is 8.24. The first-order valence-electron chi connectivity index (χ1n) is 6.63. The van der Waals surface area contributed by atoms with Gasteiger partial charge >= 0.3 is 0 Å². The average molecular weight is 294 g/mol. The van der Waals surface area contributed by atoms with Gasteiger partial charge in [0.05, 0.1) is 17.4 Å². The van der Waals surface area contributed by atoms with Gasteiger partial charge < -0.3 is 5.11 Å². The number of nitrogens with zero attached hydrogens (tertiary/aromatic N) is 2. The molecule has 108 valence electrons. The molecule has 1 unspecified atom stereocenters. The molecule has 5 nitrogen and oxygen atoms in total. The highest BCUT2D eigenvalue weighted by molar-refractivity contribution is 7.88. The second kappa shape index (κ2) is 6.35. The molecular weight excluding hydrogens is 276 g/mol. The smallest absolute Gasteiger partial charge is 0.218 e. The van der Waals surface area contributed by atoms with Crippen LogP contribution in [-0.4, -0.2) is 37.5 Å². The van der Waals surface area contributed by atoms with Gasteiger partial charge in [-0.3, -0.25) is 0 Å². The summed E-state index contributed by atoms with van der Waals surface area (Å²) in [7, 11) is -3.40. The van der Waals surface area contributed by atoms with Crippen LogP contribution in [0.5, 0.6) is 0 Å². The Morgan fingerprint density at radius 3 is 2.85 bits per heavy atom. The van der Waals surface area contributed by atoms with Crippen molar-refractivity contribution in [3.05, 3.63) is 35.4 Å². The van der Waals surface area contributed by atoms with Gasteiger partial charge in [-0.05, 0) is 30.4 Å². The lowest BCUT2D eigenvalue weighted by Gasteiger charge is -2.17. The fourth-order valence-corrected chi connectivity index (χ4v) is 4.16. The highest BCUT2D eigenvalue weighted by Gasteiger charge is 2.31. The van der Waals surface area contributed by atoms with Crippen LogP contribution in [0.4, 0.5) is 0 Å². The van der Waals surface area contributed by atoms with Crippen LogP contribution >= 0.6 is 0 Å². The molecule has 6 heteroatoms. The number of rotatable bonds is 5. The molecule has 1 aromatic carbocycles. The van der Waals surface area contributed by atoms with E-state index in [2.05, 4.69) is 0 Å². The summed E-state index contributed by atoms with van der Waals surface area (Å²) in [6.45, 7) is 1.06. The number of nitriles is 1. The van der Waals surface area contributed by atoms with Crippen molar-refractivity contribution in [1.29, 1.82) is 5.26 Å². The molecular formula is C14H18N2O3S. The van der Waals surface area contributed by atoms with Crippen molar-refractivity contribution < 1.29 is 13.5 Å². The Balaban J connectivity index is 2.11. The Labute approximate surface area is 119 Å². The van der Waals surface area contributed by atoms with Crippen molar-refractivity contribution >= 4 is 10.0 Å². The van der Waals surface area contributed by atoms with E-state index in [1.807, 2.05) is 6.07 Å². The summed E-state index contributed by atoms with van der Waals surface area (Å²) in [4.78, 5) is 0. The summed E-state index contributed by atoms with van der Waals surface area (Å²) in [6.07, 6.45) is 1.43. The molecule has 0 bridgehead atoms. The quantitative estimate of drug-likeness (QED) is 0.881. The molecule has 0 aromatic heterocycles. The highest BCUT2D eigenvalue weighted by atomic mass is 32.2. The average Bonchev–Trinajstić information content (AvgIpc) is 2.89. The first kappa shape index (κ1) is 15.0. The Bertz CT molecular complexity index is 607. The molecule has 1 aliphatic heterocycles. The zero-order valence-electron chi connectivity index (χ0n) is 11.2. The van der Waals surface area contributed by atoms with E-state index in [1.165, 1.54) is 4.31 Å². The van der Waals surface area contributed by atoms with E-state index in [0.717, 1.165) is 6.42 Å². The zero-order valence-corrected chi connectivity index (χ0v) is 12.0. The van der Waals surface area contributed by atoms with Gasteiger partial charge in [0.15, 0.2) is 0 Å². The van der Waals surface area contributed by atoms with Crippen molar-refractivity contribution in [2.24, 2.45) is 5.92 Å². The Kier molecular flexibility index (Phi) is 4.76. The predicted octanol–water partition coefficient (Wildman–Crippen LogP) is 1.09. The van der Waals surface area contributed by atoms with Gasteiger partial charge in [-0.2, -0.15) is 5.26 Å². The molecule has 0 amide bonds. The molecule has 2 rings (SSSR count). The van der Waals surface area contributed by atoms with Crippen LogP contribution in [0.3, 0.4) is 0 Å². The lowest BCUT2D eigenvalue weighted by molar-refractivity contribution is 0.259. The molecule has 0 saturated carbocycles. The van der Waals surface area contributed by atoms with E-state index in [1.54, 1.807) is 24.3 Å². The van der Waals surface area contributed by atoms with Crippen LogP contribution in [0, 0.1) is 17.2 Å². The molecule has 0 radical (unpaired) electrons. The van der Waals surface area contributed by atoms with Crippen molar-refractivity contribution in [2.45, 2.75) is 18.6 Å². The number of sulfonamides is 1. The second-order valence-corrected chi connectivity index (χ2v) is 7.02. The molecule has 20 heavy (non-hydrogen) atoms. The number of hydrogen-bond donors (Lipinski definition) is 1. The maximum atomic E-state index is 12.4. The fraction of sp³-hybridized carbons (Fsp3) is 0.500. The summed E-state index contributed by atoms with van der Waals surface area (Å²) in [5, 5.41) is 17.9. The summed E-state index contributed by atoms with van der Waals surface area (Å²) in [5.74, 6) is 0.101. The lowest BCUT2D eigenvalue weighted by Crippen LogP contribution is -2.30. The van der Waals surface area contributed by atoms with Gasteiger partial charge in [-0.1, -0.05) is 18.2 Å². The van der Waals surface area contributed by atoms with E-state index in [4.69, 9.17) is 10.4 Å². The number of hydrogen-bond acceptors (Lipinski definition) is 4. The molecule has 1 atom stereocenters. The largest absolute Gasteiger partial charge is 0.396 e. The summed E-state index contributed by atoms with van der Waals surface area (Å²) < 4.78 is 26.2. The maximum absolute atomic E-state index is 12.4. The molecule has 1 fully saturated rings. The van der Waals surface area contributed by atoms with Gasteiger partial charge in [0.2, 0.25) is 10.0 Å². The minimum Gasteiger partial charge on any atom is -0.396 e. The van der Waals surface area contributed by atoms with Crippen molar-refractivity contribution in [3.8, 4) is 6.07 Å². The minimum atomic E-state index is -3.40. The molecule has 1 aliphatic rings. The number of aliphatic hydroxyl groups excluding tert-OH is 1. The summed E-state index contributed by atoms with van der Waals surface area (Å²) in [5.41, 5.74) is 0.947. The number of benzene rings is 1. The summed E-state index contributed by atoms with van der Waals surface area (Å²) in [6, 6.07) is 8.79. The molecule has 1 saturated heterocycles. The van der Waals surface area contributed by atoms with E-state index in [-0.39, 0.29) is 18.3 Å². The van der Waals surface area contributed by atoms with Gasteiger partial charge in [0, 0.05) is 19.7 Å². The van der Waals surface area contributed by atoms with Crippen LogP contribution in [0.25, 0.3) is 0 Å². The third kappa shape index (κ3) is 3.37. The molecule has 1 N–H and O–H groups in total. The van der Waals surface area contributed by atoms with Crippen molar-refractivity contribution in [2.75, 3.05) is 19.7 Å². The van der Waals surface area contributed by atoms with Gasteiger partial charge in [0.25, 0.3) is 0 Å².